The predicted octanol–water partition coefficient (Wildman–Crippen LogP) is 3.44. The van der Waals surface area contributed by atoms with E-state index in [2.05, 4.69) is 24.4 Å². The van der Waals surface area contributed by atoms with E-state index >= 15 is 0 Å². The van der Waals surface area contributed by atoms with Crippen LogP contribution in [0.5, 0.6) is 11.5 Å². The zero-order chi connectivity index (χ0) is 22.4. The molecule has 8 heteroatoms. The Bertz CT molecular complexity index is 1010. The molecule has 0 radical (unpaired) electrons. The molecule has 168 valence electrons. The van der Waals surface area contributed by atoms with E-state index < -0.39 is 10.0 Å². The van der Waals surface area contributed by atoms with E-state index in [1.54, 1.807) is 18.2 Å². The van der Waals surface area contributed by atoms with Gasteiger partial charge in [0.1, 0.15) is 13.2 Å². The van der Waals surface area contributed by atoms with Gasteiger partial charge in [-0.2, -0.15) is 0 Å². The van der Waals surface area contributed by atoms with Gasteiger partial charge in [0.05, 0.1) is 18.0 Å². The molecule has 1 atom stereocenters. The quantitative estimate of drug-likeness (QED) is 0.638. The number of aryl methyl sites for hydroxylation is 1. The van der Waals surface area contributed by atoms with Gasteiger partial charge in [-0.05, 0) is 43.0 Å². The number of sulfonamides is 1. The molecule has 1 amide bonds. The lowest BCUT2D eigenvalue weighted by Crippen LogP contribution is -2.32. The van der Waals surface area contributed by atoms with Crippen LogP contribution >= 0.6 is 0 Å². The van der Waals surface area contributed by atoms with Crippen LogP contribution in [0, 0.1) is 0 Å². The number of benzene rings is 2. The topological polar surface area (TPSA) is 84.9 Å². The lowest BCUT2D eigenvalue weighted by molar-refractivity contribution is -0.121. The number of rotatable bonds is 9. The second-order valence-corrected chi connectivity index (χ2v) is 9.56. The molecule has 1 aliphatic rings. The number of ether oxygens (including phenoxy) is 2. The molecular weight excluding hydrogens is 416 g/mol. The molecule has 2 aromatic rings. The molecule has 0 spiro atoms. The van der Waals surface area contributed by atoms with E-state index in [1.165, 1.54) is 9.87 Å². The van der Waals surface area contributed by atoms with Crippen LogP contribution in [0.1, 0.15) is 43.9 Å². The first kappa shape index (κ1) is 22.9. The maximum atomic E-state index is 12.4. The summed E-state index contributed by atoms with van der Waals surface area (Å²) in [7, 11) is -3.51. The first-order valence-corrected chi connectivity index (χ1v) is 12.4. The van der Waals surface area contributed by atoms with Crippen molar-refractivity contribution < 1.29 is 22.7 Å². The van der Waals surface area contributed by atoms with E-state index in [4.69, 9.17) is 9.47 Å². The fraction of sp³-hybridized carbons (Fsp3) is 0.435. The molecule has 0 aliphatic carbocycles. The van der Waals surface area contributed by atoms with Crippen LogP contribution in [-0.4, -0.2) is 40.3 Å². The molecule has 3 rings (SSSR count). The van der Waals surface area contributed by atoms with Crippen molar-refractivity contribution in [1.82, 2.24) is 5.32 Å². The third kappa shape index (κ3) is 6.13. The second-order valence-electron chi connectivity index (χ2n) is 7.65. The van der Waals surface area contributed by atoms with Gasteiger partial charge in [0.15, 0.2) is 11.5 Å². The number of hydrogen-bond acceptors (Lipinski definition) is 5. The molecule has 31 heavy (non-hydrogen) atoms. The highest BCUT2D eigenvalue weighted by atomic mass is 32.2. The molecule has 0 aromatic heterocycles. The Balaban J connectivity index is 1.57. The summed E-state index contributed by atoms with van der Waals surface area (Å²) < 4.78 is 37.0. The number of fused-ring (bicyclic) bond motifs is 1. The number of nitrogens with zero attached hydrogens (tertiary/aromatic N) is 1. The normalized spacial score (nSPS) is 14.0. The minimum atomic E-state index is -3.51. The summed E-state index contributed by atoms with van der Waals surface area (Å²) in [6.45, 7) is 5.14. The van der Waals surface area contributed by atoms with Crippen molar-refractivity contribution in [3.05, 3.63) is 53.6 Å². The summed E-state index contributed by atoms with van der Waals surface area (Å²) in [5.41, 5.74) is 2.79. The zero-order valence-electron chi connectivity index (χ0n) is 18.3. The number of nitrogens with one attached hydrogen (secondary N) is 1. The summed E-state index contributed by atoms with van der Waals surface area (Å²) in [4.78, 5) is 12.4. The van der Waals surface area contributed by atoms with Gasteiger partial charge in [0.2, 0.25) is 15.9 Å². The van der Waals surface area contributed by atoms with Crippen molar-refractivity contribution in [3.8, 4) is 11.5 Å². The van der Waals surface area contributed by atoms with Crippen LogP contribution in [-0.2, 0) is 21.2 Å². The summed E-state index contributed by atoms with van der Waals surface area (Å²) in [5.74, 6) is 1.02. The summed E-state index contributed by atoms with van der Waals surface area (Å²) in [6.07, 6.45) is 2.76. The smallest absolute Gasteiger partial charge is 0.232 e. The minimum absolute atomic E-state index is 0.109. The van der Waals surface area contributed by atoms with Crippen LogP contribution < -0.4 is 19.1 Å². The fourth-order valence-electron chi connectivity index (χ4n) is 3.50. The Morgan fingerprint density at radius 1 is 1.10 bits per heavy atom. The van der Waals surface area contributed by atoms with Crippen LogP contribution in [0.4, 0.5) is 5.69 Å². The molecular formula is C23H30N2O5S. The van der Waals surface area contributed by atoms with Crippen LogP contribution in [0.3, 0.4) is 0 Å². The fourth-order valence-corrected chi connectivity index (χ4v) is 4.45. The molecule has 0 saturated carbocycles. The van der Waals surface area contributed by atoms with Gasteiger partial charge in [-0.1, -0.05) is 31.2 Å². The lowest BCUT2D eigenvalue weighted by atomic mass is 10.0. The standard InChI is InChI=1S/C23H30N2O5S/c1-4-18-7-9-19(10-8-18)17(2)24-23(26)6-5-13-25(31(3,27)28)20-11-12-21-22(16-20)30-15-14-29-21/h7-12,16-17H,4-6,13-15H2,1-3H3,(H,24,26). The summed E-state index contributed by atoms with van der Waals surface area (Å²) >= 11 is 0. The Labute approximate surface area is 184 Å². The highest BCUT2D eigenvalue weighted by Crippen LogP contribution is 2.34. The third-order valence-electron chi connectivity index (χ3n) is 5.24. The Morgan fingerprint density at radius 3 is 2.42 bits per heavy atom. The Morgan fingerprint density at radius 2 is 1.77 bits per heavy atom. The minimum Gasteiger partial charge on any atom is -0.486 e. The van der Waals surface area contributed by atoms with Crippen LogP contribution in [0.2, 0.25) is 0 Å². The highest BCUT2D eigenvalue weighted by molar-refractivity contribution is 7.92. The SMILES string of the molecule is CCc1ccc(C(C)NC(=O)CCCN(c2ccc3c(c2)OCCO3)S(C)(=O)=O)cc1. The van der Waals surface area contributed by atoms with E-state index in [0.717, 1.165) is 18.2 Å². The largest absolute Gasteiger partial charge is 0.486 e. The molecule has 7 nitrogen and oxygen atoms in total. The molecule has 0 bridgehead atoms. The lowest BCUT2D eigenvalue weighted by Gasteiger charge is -2.25. The van der Waals surface area contributed by atoms with Gasteiger partial charge in [-0.15, -0.1) is 0 Å². The zero-order valence-corrected chi connectivity index (χ0v) is 19.1. The van der Waals surface area contributed by atoms with Crippen molar-refractivity contribution in [3.63, 3.8) is 0 Å². The van der Waals surface area contributed by atoms with Gasteiger partial charge < -0.3 is 14.8 Å². The van der Waals surface area contributed by atoms with Crippen molar-refractivity contribution in [2.75, 3.05) is 30.3 Å². The van der Waals surface area contributed by atoms with Gasteiger partial charge in [-0.25, -0.2) is 8.42 Å². The number of hydrogen-bond donors (Lipinski definition) is 1. The Hall–Kier alpha value is -2.74. The van der Waals surface area contributed by atoms with Crippen molar-refractivity contribution >= 4 is 21.6 Å². The van der Waals surface area contributed by atoms with Gasteiger partial charge in [0.25, 0.3) is 0 Å². The number of amides is 1. The molecule has 1 heterocycles. The maximum absolute atomic E-state index is 12.4. The second kappa shape index (κ2) is 10.0. The molecule has 2 aromatic carbocycles. The molecule has 0 saturated heterocycles. The average molecular weight is 447 g/mol. The van der Waals surface area contributed by atoms with Crippen LogP contribution in [0.15, 0.2) is 42.5 Å². The molecule has 1 unspecified atom stereocenters. The monoisotopic (exact) mass is 446 g/mol. The van der Waals surface area contributed by atoms with Crippen molar-refractivity contribution in [2.24, 2.45) is 0 Å². The third-order valence-corrected chi connectivity index (χ3v) is 6.44. The molecule has 1 aliphatic heterocycles. The highest BCUT2D eigenvalue weighted by Gasteiger charge is 2.21. The van der Waals surface area contributed by atoms with Crippen molar-refractivity contribution in [2.45, 2.75) is 39.2 Å². The number of anilines is 1. The van der Waals surface area contributed by atoms with Gasteiger partial charge >= 0.3 is 0 Å². The first-order chi connectivity index (χ1) is 14.8. The molecule has 0 fully saturated rings. The van der Waals surface area contributed by atoms with Gasteiger partial charge in [-0.3, -0.25) is 9.10 Å². The van der Waals surface area contributed by atoms with E-state index in [9.17, 15) is 13.2 Å². The predicted molar refractivity (Wildman–Crippen MR) is 121 cm³/mol. The first-order valence-electron chi connectivity index (χ1n) is 10.5. The number of carbonyl (C=O) groups is 1. The summed E-state index contributed by atoms with van der Waals surface area (Å²) in [6, 6.07) is 13.1. The Kier molecular flexibility index (Phi) is 7.43. The van der Waals surface area contributed by atoms with Gasteiger partial charge in [0, 0.05) is 19.0 Å². The van der Waals surface area contributed by atoms with Crippen molar-refractivity contribution in [1.29, 1.82) is 0 Å². The summed E-state index contributed by atoms with van der Waals surface area (Å²) in [5, 5.41) is 2.98. The number of carbonyl (C=O) groups excluding carboxylic acids is 1. The van der Waals surface area contributed by atoms with E-state index in [-0.39, 0.29) is 24.9 Å². The maximum Gasteiger partial charge on any atom is 0.232 e. The molecule has 1 N–H and O–H groups in total. The average Bonchev–Trinajstić information content (AvgIpc) is 2.75. The van der Waals surface area contributed by atoms with E-state index in [1.807, 2.05) is 19.1 Å². The van der Waals surface area contributed by atoms with Crippen LogP contribution in [0.25, 0.3) is 0 Å². The van der Waals surface area contributed by atoms with E-state index in [0.29, 0.717) is 36.8 Å².